The van der Waals surface area contributed by atoms with E-state index in [-0.39, 0.29) is 24.9 Å². The Labute approximate surface area is 395 Å². The second-order valence-electron chi connectivity index (χ2n) is 17.6. The number of nitrogens with one attached hydrogen (secondary N) is 1. The van der Waals surface area contributed by atoms with Gasteiger partial charge in [0, 0.05) is 6.42 Å². The largest absolute Gasteiger partial charge is 0.458 e. The molecule has 0 saturated heterocycles. The molecule has 6 nitrogen and oxygen atoms in total. The molecule has 0 heterocycles. The summed E-state index contributed by atoms with van der Waals surface area (Å²) in [4.78, 5) is 26.1. The second kappa shape index (κ2) is 50.8. The van der Waals surface area contributed by atoms with Crippen molar-refractivity contribution in [2.45, 2.75) is 251 Å². The lowest BCUT2D eigenvalue weighted by molar-refractivity contribution is -0.148. The zero-order chi connectivity index (χ0) is 46.7. The molecule has 64 heavy (non-hydrogen) atoms. The number of allylic oxidation sites excluding steroid dienone is 15. The van der Waals surface area contributed by atoms with Crippen molar-refractivity contribution in [3.63, 3.8) is 0 Å². The van der Waals surface area contributed by atoms with Crippen LogP contribution in [0.15, 0.2) is 97.2 Å². The second-order valence-corrected chi connectivity index (χ2v) is 17.6. The summed E-state index contributed by atoms with van der Waals surface area (Å²) in [6, 6.07) is -0.753. The van der Waals surface area contributed by atoms with Gasteiger partial charge in [0.15, 0.2) is 0 Å². The number of hydrogen-bond acceptors (Lipinski definition) is 5. The first-order chi connectivity index (χ1) is 31.5. The van der Waals surface area contributed by atoms with Gasteiger partial charge >= 0.3 is 5.97 Å². The highest BCUT2D eigenvalue weighted by molar-refractivity contribution is 5.78. The number of carbonyl (C=O) groups is 2. The maximum Gasteiger partial charge on any atom is 0.306 e. The lowest BCUT2D eigenvalue weighted by Crippen LogP contribution is -2.46. The van der Waals surface area contributed by atoms with Gasteiger partial charge in [0.25, 0.3) is 0 Å². The number of ether oxygens (including phenoxy) is 1. The van der Waals surface area contributed by atoms with E-state index >= 15 is 0 Å². The number of hydrogen-bond donors (Lipinski definition) is 3. The lowest BCUT2D eigenvalue weighted by Gasteiger charge is -2.23. The van der Waals surface area contributed by atoms with E-state index in [0.717, 1.165) is 83.5 Å². The maximum absolute atomic E-state index is 13.2. The minimum Gasteiger partial charge on any atom is -0.458 e. The Morgan fingerprint density at radius 2 is 0.906 bits per heavy atom. The van der Waals surface area contributed by atoms with Gasteiger partial charge in [0.2, 0.25) is 5.91 Å². The standard InChI is InChI=1S/C58H99NO5/c1-4-7-10-13-16-19-22-25-27-29-30-32-34-37-40-43-46-49-54(64-58(63)51-48-45-42-39-36-33-31-28-26-23-20-17-14-11-8-5-2)52-57(62)59-55(53-60)56(61)50-47-44-41-38-35-24-21-18-15-12-9-6-3/h7,10,16,19,25,27-28,30-33,36-37,40,46,49,54-56,60-61H,4-6,8-9,11-15,17-18,20-24,26,29,34-35,38-39,41-45,47-48,50-53H2,1-3H3,(H,59,62)/b10-7-,19-16-,27-25-,31-28+,32-30-,36-33+,40-37-,49-46-. The van der Waals surface area contributed by atoms with Crippen LogP contribution in [0.5, 0.6) is 0 Å². The highest BCUT2D eigenvalue weighted by Gasteiger charge is 2.23. The molecule has 0 aliphatic rings. The fourth-order valence-corrected chi connectivity index (χ4v) is 7.42. The molecular formula is C58H99NO5. The van der Waals surface area contributed by atoms with Crippen molar-refractivity contribution < 1.29 is 24.5 Å². The van der Waals surface area contributed by atoms with Gasteiger partial charge in [-0.3, -0.25) is 9.59 Å². The average molecular weight is 890 g/mol. The Morgan fingerprint density at radius 1 is 0.500 bits per heavy atom. The van der Waals surface area contributed by atoms with E-state index in [1.165, 1.54) is 103 Å². The van der Waals surface area contributed by atoms with E-state index in [9.17, 15) is 19.8 Å². The van der Waals surface area contributed by atoms with Crippen LogP contribution >= 0.6 is 0 Å². The van der Waals surface area contributed by atoms with E-state index in [0.29, 0.717) is 19.3 Å². The van der Waals surface area contributed by atoms with Gasteiger partial charge in [0.05, 0.1) is 25.2 Å². The highest BCUT2D eigenvalue weighted by atomic mass is 16.5. The van der Waals surface area contributed by atoms with Crippen molar-refractivity contribution >= 4 is 11.9 Å². The molecule has 0 bridgehead atoms. The average Bonchev–Trinajstić information content (AvgIpc) is 3.29. The normalized spacial score (nSPS) is 14.0. The fourth-order valence-electron chi connectivity index (χ4n) is 7.42. The Hall–Kier alpha value is -3.22. The fraction of sp³-hybridized carbons (Fsp3) is 0.690. The molecule has 0 saturated carbocycles. The van der Waals surface area contributed by atoms with Gasteiger partial charge in [-0.15, -0.1) is 0 Å². The number of aliphatic hydroxyl groups excluding tert-OH is 2. The first kappa shape index (κ1) is 60.8. The van der Waals surface area contributed by atoms with Crippen LogP contribution in [-0.4, -0.2) is 46.9 Å². The molecule has 3 unspecified atom stereocenters. The van der Waals surface area contributed by atoms with E-state index in [1.807, 2.05) is 6.08 Å². The lowest BCUT2D eigenvalue weighted by atomic mass is 10.0. The Balaban J connectivity index is 4.83. The molecule has 0 aromatic rings. The first-order valence-corrected chi connectivity index (χ1v) is 26.5. The molecule has 0 fully saturated rings. The summed E-state index contributed by atoms with van der Waals surface area (Å²) in [7, 11) is 0. The molecule has 366 valence electrons. The Bertz CT molecular complexity index is 1270. The predicted molar refractivity (Wildman–Crippen MR) is 277 cm³/mol. The van der Waals surface area contributed by atoms with E-state index in [4.69, 9.17) is 4.74 Å². The molecule has 0 radical (unpaired) electrons. The van der Waals surface area contributed by atoms with Gasteiger partial charge in [0.1, 0.15) is 6.10 Å². The topological polar surface area (TPSA) is 95.9 Å². The minimum atomic E-state index is -0.829. The third kappa shape index (κ3) is 45.4. The van der Waals surface area contributed by atoms with Crippen molar-refractivity contribution in [3.05, 3.63) is 97.2 Å². The summed E-state index contributed by atoms with van der Waals surface area (Å²) in [6.07, 6.45) is 67.8. The van der Waals surface area contributed by atoms with Crippen LogP contribution in [0.3, 0.4) is 0 Å². The van der Waals surface area contributed by atoms with Crippen molar-refractivity contribution in [1.82, 2.24) is 5.32 Å². The van der Waals surface area contributed by atoms with Crippen LogP contribution in [0.4, 0.5) is 0 Å². The zero-order valence-electron chi connectivity index (χ0n) is 41.6. The molecule has 1 amide bonds. The molecule has 6 heteroatoms. The zero-order valence-corrected chi connectivity index (χ0v) is 41.6. The Kier molecular flexibility index (Phi) is 48.2. The smallest absolute Gasteiger partial charge is 0.306 e. The third-order valence-electron chi connectivity index (χ3n) is 11.4. The van der Waals surface area contributed by atoms with Crippen LogP contribution in [0.2, 0.25) is 0 Å². The number of aliphatic hydroxyl groups is 2. The quantitative estimate of drug-likeness (QED) is 0.0245. The first-order valence-electron chi connectivity index (χ1n) is 26.5. The summed E-state index contributed by atoms with van der Waals surface area (Å²) >= 11 is 0. The van der Waals surface area contributed by atoms with Crippen LogP contribution in [0, 0.1) is 0 Å². The molecule has 0 aromatic heterocycles. The highest BCUT2D eigenvalue weighted by Crippen LogP contribution is 2.15. The van der Waals surface area contributed by atoms with E-state index in [2.05, 4.69) is 111 Å². The maximum atomic E-state index is 13.2. The van der Waals surface area contributed by atoms with Crippen molar-refractivity contribution in [3.8, 4) is 0 Å². The molecule has 0 spiro atoms. The molecule has 3 N–H and O–H groups in total. The van der Waals surface area contributed by atoms with Gasteiger partial charge in [-0.25, -0.2) is 0 Å². The van der Waals surface area contributed by atoms with Gasteiger partial charge < -0.3 is 20.3 Å². The third-order valence-corrected chi connectivity index (χ3v) is 11.4. The number of carbonyl (C=O) groups excluding carboxylic acids is 2. The van der Waals surface area contributed by atoms with E-state index < -0.39 is 18.2 Å². The summed E-state index contributed by atoms with van der Waals surface area (Å²) in [5.41, 5.74) is 0. The minimum absolute atomic E-state index is 0.0625. The number of amides is 1. The van der Waals surface area contributed by atoms with Crippen molar-refractivity contribution in [1.29, 1.82) is 0 Å². The molecule has 0 aliphatic heterocycles. The van der Waals surface area contributed by atoms with Crippen LogP contribution in [-0.2, 0) is 14.3 Å². The monoisotopic (exact) mass is 890 g/mol. The number of unbranched alkanes of at least 4 members (excludes halogenated alkanes) is 21. The molecule has 3 atom stereocenters. The Morgan fingerprint density at radius 3 is 1.36 bits per heavy atom. The predicted octanol–water partition coefficient (Wildman–Crippen LogP) is 16.1. The number of rotatable bonds is 46. The van der Waals surface area contributed by atoms with Crippen molar-refractivity contribution in [2.75, 3.05) is 6.61 Å². The summed E-state index contributed by atoms with van der Waals surface area (Å²) in [5.74, 6) is -0.666. The molecule has 0 aromatic carbocycles. The van der Waals surface area contributed by atoms with Crippen LogP contribution in [0.25, 0.3) is 0 Å². The van der Waals surface area contributed by atoms with Crippen LogP contribution < -0.4 is 5.32 Å². The van der Waals surface area contributed by atoms with Crippen LogP contribution in [0.1, 0.15) is 233 Å². The summed E-state index contributed by atoms with van der Waals surface area (Å²) in [5, 5.41) is 23.7. The van der Waals surface area contributed by atoms with Gasteiger partial charge in [-0.1, -0.05) is 234 Å². The summed E-state index contributed by atoms with van der Waals surface area (Å²) in [6.45, 7) is 6.31. The van der Waals surface area contributed by atoms with Gasteiger partial charge in [-0.2, -0.15) is 0 Å². The molecular weight excluding hydrogens is 791 g/mol. The summed E-state index contributed by atoms with van der Waals surface area (Å²) < 4.78 is 5.82. The molecule has 0 rings (SSSR count). The van der Waals surface area contributed by atoms with E-state index in [1.54, 1.807) is 6.08 Å². The van der Waals surface area contributed by atoms with Crippen molar-refractivity contribution in [2.24, 2.45) is 0 Å². The SMILES string of the molecule is CC/C=C\C/C=C\C/C=C\C/C=C\C/C=C\C/C=C\C(CC(=O)NC(CO)C(O)CCCCCCCCCCCCCC)OC(=O)CCCCC/C=C/C=C/CCCCCCCCC. The number of esters is 1. The van der Waals surface area contributed by atoms with Gasteiger partial charge in [-0.05, 0) is 83.1 Å². The molecule has 0 aliphatic carbocycles.